The number of hydrogen-bond donors (Lipinski definition) is 0. The maximum absolute atomic E-state index is 14.2. The van der Waals surface area contributed by atoms with Crippen LogP contribution in [-0.4, -0.2) is 25.0 Å². The monoisotopic (exact) mass is 361 g/mol. The molecule has 0 heterocycles. The molecule has 0 unspecified atom stereocenters. The van der Waals surface area contributed by atoms with Gasteiger partial charge in [-0.2, -0.15) is 0 Å². The van der Waals surface area contributed by atoms with E-state index in [1.54, 1.807) is 0 Å². The molecule has 1 amide bonds. The van der Waals surface area contributed by atoms with Gasteiger partial charge in [-0.05, 0) is 41.3 Å². The third-order valence-electron chi connectivity index (χ3n) is 3.41. The van der Waals surface area contributed by atoms with Crippen LogP contribution in [0.4, 0.5) is 14.5 Å². The number of carbonyl (C=O) groups is 2. The van der Waals surface area contributed by atoms with Gasteiger partial charge in [0.15, 0.2) is 11.6 Å². The molecule has 21 heavy (non-hydrogen) atoms. The summed E-state index contributed by atoms with van der Waals surface area (Å²) in [6.45, 7) is 2.85. The summed E-state index contributed by atoms with van der Waals surface area (Å²) in [6, 6.07) is -0.0960. The quantitative estimate of drug-likeness (QED) is 0.612. The number of esters is 1. The van der Waals surface area contributed by atoms with Gasteiger partial charge in [-0.15, -0.1) is 0 Å². The second-order valence-corrected chi connectivity index (χ2v) is 5.70. The minimum atomic E-state index is -1.32. The summed E-state index contributed by atoms with van der Waals surface area (Å²) in [5.74, 6) is -3.83. The predicted molar refractivity (Wildman–Crippen MR) is 76.3 cm³/mol. The fourth-order valence-corrected chi connectivity index (χ4v) is 2.65. The molecule has 0 spiro atoms. The van der Waals surface area contributed by atoms with Gasteiger partial charge in [-0.1, -0.05) is 0 Å². The number of carbonyl (C=O) groups excluding carboxylic acids is 2. The van der Waals surface area contributed by atoms with Crippen LogP contribution in [0.5, 0.6) is 0 Å². The summed E-state index contributed by atoms with van der Waals surface area (Å²) in [7, 11) is 1.08. The van der Waals surface area contributed by atoms with Crippen LogP contribution in [0.3, 0.4) is 0 Å². The smallest absolute Gasteiger partial charge is 0.343 e. The third-order valence-corrected chi connectivity index (χ3v) is 4.35. The van der Waals surface area contributed by atoms with Gasteiger partial charge < -0.3 is 9.64 Å². The average Bonchev–Trinajstić information content (AvgIpc) is 3.26. The van der Waals surface area contributed by atoms with E-state index < -0.39 is 23.2 Å². The molecule has 1 aromatic carbocycles. The Kier molecular flexibility index (Phi) is 4.32. The summed E-state index contributed by atoms with van der Waals surface area (Å²) in [5, 5.41) is 0. The number of hydrogen-bond acceptors (Lipinski definition) is 3. The van der Waals surface area contributed by atoms with Crippen molar-refractivity contribution in [2.75, 3.05) is 12.0 Å². The van der Waals surface area contributed by atoms with Crippen LogP contribution in [0.25, 0.3) is 0 Å². The van der Waals surface area contributed by atoms with Crippen LogP contribution in [0, 0.1) is 18.6 Å². The van der Waals surface area contributed by atoms with Gasteiger partial charge in [0.1, 0.15) is 5.56 Å². The van der Waals surface area contributed by atoms with Crippen molar-refractivity contribution >= 4 is 33.5 Å². The largest absolute Gasteiger partial charge is 0.465 e. The molecular weight excluding hydrogens is 348 g/mol. The number of methoxy groups -OCH3 is 1. The van der Waals surface area contributed by atoms with Gasteiger partial charge in [0.05, 0.1) is 17.3 Å². The first-order valence-corrected chi connectivity index (χ1v) is 7.15. The molecule has 2 rings (SSSR count). The highest BCUT2D eigenvalue weighted by atomic mass is 79.9. The minimum Gasteiger partial charge on any atom is -0.465 e. The highest BCUT2D eigenvalue weighted by Gasteiger charge is 2.38. The van der Waals surface area contributed by atoms with Crippen LogP contribution < -0.4 is 4.90 Å². The van der Waals surface area contributed by atoms with Crippen molar-refractivity contribution in [3.05, 3.63) is 27.2 Å². The average molecular weight is 362 g/mol. The SMILES string of the molecule is COC(=O)c1c(F)c(F)c(Br)c(C)c1N(C(C)=O)C1CC1. The molecular formula is C14H14BrF2NO3. The second-order valence-electron chi connectivity index (χ2n) is 4.90. The Morgan fingerprint density at radius 3 is 2.29 bits per heavy atom. The lowest BCUT2D eigenvalue weighted by molar-refractivity contribution is -0.116. The van der Waals surface area contributed by atoms with E-state index in [-0.39, 0.29) is 27.7 Å². The summed E-state index contributed by atoms with van der Waals surface area (Å²) in [4.78, 5) is 25.1. The molecule has 0 N–H and O–H groups in total. The molecule has 7 heteroatoms. The topological polar surface area (TPSA) is 46.6 Å². The summed E-state index contributed by atoms with van der Waals surface area (Å²) < 4.78 is 32.5. The number of benzene rings is 1. The highest BCUT2D eigenvalue weighted by Crippen LogP contribution is 2.41. The predicted octanol–water partition coefficient (Wildman–Crippen LogP) is 3.34. The molecule has 0 radical (unpaired) electrons. The van der Waals surface area contributed by atoms with E-state index >= 15 is 0 Å². The molecule has 1 aliphatic carbocycles. The first-order chi connectivity index (χ1) is 9.81. The molecule has 0 atom stereocenters. The summed E-state index contributed by atoms with van der Waals surface area (Å²) in [6.07, 6.45) is 1.52. The molecule has 0 saturated heterocycles. The maximum Gasteiger partial charge on any atom is 0.343 e. The van der Waals surface area contributed by atoms with Crippen molar-refractivity contribution < 1.29 is 23.1 Å². The summed E-state index contributed by atoms with van der Waals surface area (Å²) >= 11 is 2.97. The van der Waals surface area contributed by atoms with E-state index in [4.69, 9.17) is 0 Å². The van der Waals surface area contributed by atoms with Crippen LogP contribution in [-0.2, 0) is 9.53 Å². The molecule has 0 aromatic heterocycles. The highest BCUT2D eigenvalue weighted by molar-refractivity contribution is 9.10. The minimum absolute atomic E-state index is 0.0719. The molecule has 4 nitrogen and oxygen atoms in total. The van der Waals surface area contributed by atoms with Gasteiger partial charge in [-0.25, -0.2) is 13.6 Å². The molecule has 1 fully saturated rings. The Bertz CT molecular complexity index is 629. The molecule has 1 aromatic rings. The number of rotatable bonds is 3. The van der Waals surface area contributed by atoms with Crippen molar-refractivity contribution in [1.29, 1.82) is 0 Å². The number of amides is 1. The Morgan fingerprint density at radius 2 is 1.86 bits per heavy atom. The Morgan fingerprint density at radius 1 is 1.29 bits per heavy atom. The van der Waals surface area contributed by atoms with Crippen molar-refractivity contribution in [1.82, 2.24) is 0 Å². The lowest BCUT2D eigenvalue weighted by atomic mass is 10.0. The molecule has 1 saturated carbocycles. The zero-order valence-electron chi connectivity index (χ0n) is 11.8. The van der Waals surface area contributed by atoms with E-state index in [1.165, 1.54) is 18.7 Å². The van der Waals surface area contributed by atoms with Crippen molar-refractivity contribution in [2.24, 2.45) is 0 Å². The van der Waals surface area contributed by atoms with E-state index in [2.05, 4.69) is 20.7 Å². The van der Waals surface area contributed by atoms with Crippen molar-refractivity contribution in [2.45, 2.75) is 32.7 Å². The zero-order chi connectivity index (χ0) is 15.9. The molecule has 0 aliphatic heterocycles. The van der Waals surface area contributed by atoms with E-state index in [1.807, 2.05) is 0 Å². The fraction of sp³-hybridized carbons (Fsp3) is 0.429. The van der Waals surface area contributed by atoms with Gasteiger partial charge >= 0.3 is 5.97 Å². The zero-order valence-corrected chi connectivity index (χ0v) is 13.4. The third kappa shape index (κ3) is 2.66. The number of ether oxygens (including phenoxy) is 1. The first-order valence-electron chi connectivity index (χ1n) is 6.36. The fourth-order valence-electron chi connectivity index (χ4n) is 2.29. The normalized spacial score (nSPS) is 14.0. The van der Waals surface area contributed by atoms with Gasteiger partial charge in [0.25, 0.3) is 0 Å². The number of anilines is 1. The maximum atomic E-state index is 14.2. The Balaban J connectivity index is 2.78. The number of nitrogens with zero attached hydrogens (tertiary/aromatic N) is 1. The van der Waals surface area contributed by atoms with E-state index in [9.17, 15) is 18.4 Å². The van der Waals surface area contributed by atoms with E-state index in [0.717, 1.165) is 20.0 Å². The molecule has 0 bridgehead atoms. The van der Waals surface area contributed by atoms with E-state index in [0.29, 0.717) is 0 Å². The Labute approximate surface area is 129 Å². The van der Waals surface area contributed by atoms with Crippen molar-refractivity contribution in [3.63, 3.8) is 0 Å². The first kappa shape index (κ1) is 15.9. The standard InChI is InChI=1S/C14H14BrF2NO3/c1-6-10(15)12(17)11(16)9(14(20)21-3)13(6)18(7(2)19)8-4-5-8/h8H,4-5H2,1-3H3. The molecule has 114 valence electrons. The van der Waals surface area contributed by atoms with Crippen LogP contribution in [0.1, 0.15) is 35.7 Å². The van der Waals surface area contributed by atoms with Crippen LogP contribution in [0.2, 0.25) is 0 Å². The lowest BCUT2D eigenvalue weighted by Gasteiger charge is -2.26. The second kappa shape index (κ2) is 5.71. The van der Waals surface area contributed by atoms with Crippen LogP contribution in [0.15, 0.2) is 4.47 Å². The molecule has 1 aliphatic rings. The lowest BCUT2D eigenvalue weighted by Crippen LogP contribution is -2.33. The van der Waals surface area contributed by atoms with Gasteiger partial charge in [0.2, 0.25) is 5.91 Å². The van der Waals surface area contributed by atoms with Crippen molar-refractivity contribution in [3.8, 4) is 0 Å². The van der Waals surface area contributed by atoms with Gasteiger partial charge in [0, 0.05) is 13.0 Å². The summed E-state index contributed by atoms with van der Waals surface area (Å²) in [5.41, 5.74) is -0.183. The number of halogens is 3. The Hall–Kier alpha value is -1.50. The van der Waals surface area contributed by atoms with Gasteiger partial charge in [-0.3, -0.25) is 4.79 Å². The van der Waals surface area contributed by atoms with Crippen LogP contribution >= 0.6 is 15.9 Å².